The van der Waals surface area contributed by atoms with E-state index in [0.717, 1.165) is 23.1 Å². The maximum absolute atomic E-state index is 12.6. The van der Waals surface area contributed by atoms with Crippen LogP contribution in [0.15, 0.2) is 79.1 Å². The van der Waals surface area contributed by atoms with Crippen LogP contribution < -0.4 is 10.0 Å². The van der Waals surface area contributed by atoms with Crippen LogP contribution in [-0.4, -0.2) is 49.5 Å². The molecule has 0 fully saturated rings. The lowest BCUT2D eigenvalue weighted by Crippen LogP contribution is -2.34. The van der Waals surface area contributed by atoms with Gasteiger partial charge in [0.25, 0.3) is 0 Å². The van der Waals surface area contributed by atoms with Crippen molar-refractivity contribution in [3.05, 3.63) is 95.8 Å². The molecular formula is C24H30N4O3S. The zero-order valence-electron chi connectivity index (χ0n) is 18.2. The molecule has 0 saturated heterocycles. The molecule has 0 amide bonds. The zero-order chi connectivity index (χ0) is 22.8. The molecule has 7 nitrogen and oxygen atoms in total. The SMILES string of the molecule is CN(CCc1ccccc1)S(=O)(=O)Nc1ccc(CCNCC(O)c2cccnc2)cc1. The number of nitrogens with zero attached hydrogens (tertiary/aromatic N) is 2. The van der Waals surface area contributed by atoms with E-state index in [2.05, 4.69) is 15.0 Å². The molecule has 0 aliphatic rings. The van der Waals surface area contributed by atoms with Gasteiger partial charge < -0.3 is 10.4 Å². The second-order valence-corrected chi connectivity index (χ2v) is 9.40. The van der Waals surface area contributed by atoms with Gasteiger partial charge in [0, 0.05) is 43.8 Å². The number of aliphatic hydroxyl groups excluding tert-OH is 1. The summed E-state index contributed by atoms with van der Waals surface area (Å²) < 4.78 is 29.1. The third kappa shape index (κ3) is 7.42. The Morgan fingerprint density at radius 3 is 2.38 bits per heavy atom. The average Bonchev–Trinajstić information content (AvgIpc) is 2.82. The molecule has 1 aromatic heterocycles. The Hall–Kier alpha value is -2.78. The summed E-state index contributed by atoms with van der Waals surface area (Å²) in [5, 5.41) is 13.4. The molecule has 0 saturated carbocycles. The van der Waals surface area contributed by atoms with Gasteiger partial charge in [0.15, 0.2) is 0 Å². The fourth-order valence-electron chi connectivity index (χ4n) is 3.18. The fraction of sp³-hybridized carbons (Fsp3) is 0.292. The van der Waals surface area contributed by atoms with Gasteiger partial charge in [0.1, 0.15) is 0 Å². The van der Waals surface area contributed by atoms with Crippen LogP contribution in [0.3, 0.4) is 0 Å². The van der Waals surface area contributed by atoms with E-state index < -0.39 is 16.3 Å². The molecule has 1 heterocycles. The van der Waals surface area contributed by atoms with Crippen molar-refractivity contribution in [3.63, 3.8) is 0 Å². The second kappa shape index (κ2) is 11.7. The molecule has 3 N–H and O–H groups in total. The lowest BCUT2D eigenvalue weighted by atomic mass is 10.1. The van der Waals surface area contributed by atoms with Crippen LogP contribution in [0, 0.1) is 0 Å². The van der Waals surface area contributed by atoms with E-state index in [1.165, 1.54) is 4.31 Å². The zero-order valence-corrected chi connectivity index (χ0v) is 19.0. The second-order valence-electron chi connectivity index (χ2n) is 7.62. The van der Waals surface area contributed by atoms with Gasteiger partial charge in [-0.05, 0) is 48.7 Å². The van der Waals surface area contributed by atoms with Gasteiger partial charge in [0.2, 0.25) is 0 Å². The van der Waals surface area contributed by atoms with Crippen LogP contribution in [0.2, 0.25) is 0 Å². The van der Waals surface area contributed by atoms with Gasteiger partial charge in [-0.3, -0.25) is 9.71 Å². The van der Waals surface area contributed by atoms with Crippen LogP contribution >= 0.6 is 0 Å². The summed E-state index contributed by atoms with van der Waals surface area (Å²) in [6.45, 7) is 1.54. The van der Waals surface area contributed by atoms with Crippen molar-refractivity contribution in [2.45, 2.75) is 18.9 Å². The monoisotopic (exact) mass is 454 g/mol. The normalized spacial score (nSPS) is 12.6. The third-order valence-corrected chi connectivity index (χ3v) is 6.66. The number of hydrogen-bond donors (Lipinski definition) is 3. The topological polar surface area (TPSA) is 94.6 Å². The average molecular weight is 455 g/mol. The van der Waals surface area contributed by atoms with Crippen molar-refractivity contribution in [3.8, 4) is 0 Å². The van der Waals surface area contributed by atoms with Crippen LogP contribution in [0.1, 0.15) is 22.8 Å². The van der Waals surface area contributed by atoms with Crippen molar-refractivity contribution >= 4 is 15.9 Å². The number of aliphatic hydroxyl groups is 1. The Morgan fingerprint density at radius 2 is 1.69 bits per heavy atom. The van der Waals surface area contributed by atoms with Gasteiger partial charge in [-0.2, -0.15) is 12.7 Å². The largest absolute Gasteiger partial charge is 0.387 e. The predicted octanol–water partition coefficient (Wildman–Crippen LogP) is 2.78. The Balaban J connectivity index is 1.42. The minimum Gasteiger partial charge on any atom is -0.387 e. The van der Waals surface area contributed by atoms with Crippen molar-refractivity contribution in [1.82, 2.24) is 14.6 Å². The standard InChI is InChI=1S/C24H30N4O3S/c1-28(17-14-20-6-3-2-4-7-20)32(30,31)27-23-11-9-21(10-12-23)13-16-26-19-24(29)22-8-5-15-25-18-22/h2-12,15,18,24,26-27,29H,13-14,16-17,19H2,1H3. The number of nitrogens with one attached hydrogen (secondary N) is 2. The van der Waals surface area contributed by atoms with Gasteiger partial charge in [-0.15, -0.1) is 0 Å². The van der Waals surface area contributed by atoms with Gasteiger partial charge in [0.05, 0.1) is 6.10 Å². The Labute approximate surface area is 190 Å². The number of pyridine rings is 1. The van der Waals surface area contributed by atoms with Gasteiger partial charge >= 0.3 is 10.2 Å². The highest BCUT2D eigenvalue weighted by Crippen LogP contribution is 2.14. The Morgan fingerprint density at radius 1 is 0.969 bits per heavy atom. The van der Waals surface area contributed by atoms with E-state index >= 15 is 0 Å². The first-order valence-electron chi connectivity index (χ1n) is 10.6. The number of hydrogen-bond acceptors (Lipinski definition) is 5. The summed E-state index contributed by atoms with van der Waals surface area (Å²) in [7, 11) is -2.04. The van der Waals surface area contributed by atoms with Crippen molar-refractivity contribution in [2.75, 3.05) is 31.4 Å². The minimum atomic E-state index is -3.62. The van der Waals surface area contributed by atoms with E-state index in [9.17, 15) is 13.5 Å². The van der Waals surface area contributed by atoms with Crippen molar-refractivity contribution in [2.24, 2.45) is 0 Å². The van der Waals surface area contributed by atoms with Crippen molar-refractivity contribution < 1.29 is 13.5 Å². The number of likely N-dealkylation sites (N-methyl/N-ethyl adjacent to an activating group) is 1. The first-order valence-corrected chi connectivity index (χ1v) is 12.0. The summed E-state index contributed by atoms with van der Waals surface area (Å²) in [6, 6.07) is 20.8. The van der Waals surface area contributed by atoms with E-state index in [1.807, 2.05) is 48.5 Å². The quantitative estimate of drug-likeness (QED) is 0.366. The van der Waals surface area contributed by atoms with E-state index in [-0.39, 0.29) is 0 Å². The predicted molar refractivity (Wildman–Crippen MR) is 128 cm³/mol. The molecule has 0 aliphatic carbocycles. The first-order chi connectivity index (χ1) is 15.4. The Bertz CT molecular complexity index is 1050. The maximum Gasteiger partial charge on any atom is 0.301 e. The van der Waals surface area contributed by atoms with E-state index in [4.69, 9.17) is 0 Å². The lowest BCUT2D eigenvalue weighted by Gasteiger charge is -2.18. The minimum absolute atomic E-state index is 0.397. The number of anilines is 1. The van der Waals surface area contributed by atoms with Crippen LogP contribution in [0.25, 0.3) is 0 Å². The van der Waals surface area contributed by atoms with Gasteiger partial charge in [-0.25, -0.2) is 0 Å². The number of aromatic nitrogens is 1. The highest BCUT2D eigenvalue weighted by molar-refractivity contribution is 7.90. The lowest BCUT2D eigenvalue weighted by molar-refractivity contribution is 0.174. The molecule has 0 spiro atoms. The summed E-state index contributed by atoms with van der Waals surface area (Å²) in [5.41, 5.74) is 3.49. The fourth-order valence-corrected chi connectivity index (χ4v) is 4.10. The van der Waals surface area contributed by atoms with Gasteiger partial charge in [-0.1, -0.05) is 48.5 Å². The molecule has 3 rings (SSSR count). The van der Waals surface area contributed by atoms with Crippen LogP contribution in [-0.2, 0) is 23.1 Å². The molecule has 0 bridgehead atoms. The molecule has 2 aromatic carbocycles. The first kappa shape index (κ1) is 23.9. The van der Waals surface area contributed by atoms with Crippen molar-refractivity contribution in [1.29, 1.82) is 0 Å². The number of benzene rings is 2. The molecule has 32 heavy (non-hydrogen) atoms. The third-order valence-electron chi connectivity index (χ3n) is 5.17. The number of rotatable bonds is 12. The summed E-state index contributed by atoms with van der Waals surface area (Å²) >= 11 is 0. The van der Waals surface area contributed by atoms with E-state index in [0.29, 0.717) is 31.7 Å². The molecule has 170 valence electrons. The molecule has 8 heteroatoms. The summed E-state index contributed by atoms with van der Waals surface area (Å²) in [6.07, 6.45) is 4.16. The molecule has 0 aliphatic heterocycles. The molecule has 3 aromatic rings. The molecule has 1 unspecified atom stereocenters. The van der Waals surface area contributed by atoms with Crippen LogP contribution in [0.4, 0.5) is 5.69 Å². The maximum atomic E-state index is 12.6. The smallest absolute Gasteiger partial charge is 0.301 e. The highest BCUT2D eigenvalue weighted by atomic mass is 32.2. The molecule has 0 radical (unpaired) electrons. The highest BCUT2D eigenvalue weighted by Gasteiger charge is 2.17. The van der Waals surface area contributed by atoms with Crippen LogP contribution in [0.5, 0.6) is 0 Å². The summed E-state index contributed by atoms with van der Waals surface area (Å²) in [5.74, 6) is 0. The molecule has 1 atom stereocenters. The Kier molecular flexibility index (Phi) is 8.75. The molecular weight excluding hydrogens is 424 g/mol. The summed E-state index contributed by atoms with van der Waals surface area (Å²) in [4.78, 5) is 4.01. The van der Waals surface area contributed by atoms with E-state index in [1.54, 1.807) is 37.6 Å².